The Labute approximate surface area is 127 Å². The number of rotatable bonds is 6. The van der Waals surface area contributed by atoms with Gasteiger partial charge in [-0.05, 0) is 34.1 Å². The number of carbonyl (C=O) groups excluding carboxylic acids is 1. The van der Waals surface area contributed by atoms with Crippen LogP contribution in [-0.4, -0.2) is 48.7 Å². The summed E-state index contributed by atoms with van der Waals surface area (Å²) < 4.78 is 6.26. The number of carbonyl (C=O) groups is 2. The normalized spacial score (nSPS) is 10.3. The highest BCUT2D eigenvalue weighted by Gasteiger charge is 2.20. The largest absolute Gasteiger partial charge is 0.480 e. The van der Waals surface area contributed by atoms with E-state index in [1.165, 1.54) is 12.0 Å². The first-order chi connectivity index (χ1) is 8.95. The van der Waals surface area contributed by atoms with Crippen molar-refractivity contribution in [3.63, 3.8) is 0 Å². The SMILES string of the molecule is COCCN(CC(=O)O)C(=O)c1cc(Br)ccc1Br. The van der Waals surface area contributed by atoms with E-state index in [1.807, 2.05) is 0 Å². The molecule has 0 radical (unpaired) electrons. The van der Waals surface area contributed by atoms with Gasteiger partial charge in [0.1, 0.15) is 6.54 Å². The molecule has 0 unspecified atom stereocenters. The molecule has 0 saturated carbocycles. The maximum Gasteiger partial charge on any atom is 0.323 e. The average molecular weight is 395 g/mol. The highest BCUT2D eigenvalue weighted by atomic mass is 79.9. The predicted octanol–water partition coefficient (Wildman–Crippen LogP) is 2.38. The molecular weight excluding hydrogens is 382 g/mol. The van der Waals surface area contributed by atoms with Gasteiger partial charge in [-0.2, -0.15) is 0 Å². The van der Waals surface area contributed by atoms with E-state index in [4.69, 9.17) is 9.84 Å². The average Bonchev–Trinajstić information content (AvgIpc) is 2.36. The van der Waals surface area contributed by atoms with Crippen molar-refractivity contribution in [2.24, 2.45) is 0 Å². The Morgan fingerprint density at radius 3 is 2.63 bits per heavy atom. The first-order valence-electron chi connectivity index (χ1n) is 5.40. The molecule has 5 nitrogen and oxygen atoms in total. The van der Waals surface area contributed by atoms with Gasteiger partial charge in [-0.15, -0.1) is 0 Å². The summed E-state index contributed by atoms with van der Waals surface area (Å²) in [6.45, 7) is 0.145. The third-order valence-electron chi connectivity index (χ3n) is 2.34. The van der Waals surface area contributed by atoms with Crippen LogP contribution in [-0.2, 0) is 9.53 Å². The van der Waals surface area contributed by atoms with E-state index < -0.39 is 5.97 Å². The van der Waals surface area contributed by atoms with Gasteiger partial charge in [0.2, 0.25) is 0 Å². The Morgan fingerprint density at radius 1 is 1.37 bits per heavy atom. The molecule has 104 valence electrons. The molecule has 0 aromatic heterocycles. The third-order valence-corrected chi connectivity index (χ3v) is 3.52. The Balaban J connectivity index is 2.97. The van der Waals surface area contributed by atoms with E-state index in [2.05, 4.69) is 31.9 Å². The fourth-order valence-electron chi connectivity index (χ4n) is 1.45. The Kier molecular flexibility index (Phi) is 6.47. The highest BCUT2D eigenvalue weighted by molar-refractivity contribution is 9.11. The molecule has 0 heterocycles. The predicted molar refractivity (Wildman–Crippen MR) is 77.3 cm³/mol. The quantitative estimate of drug-likeness (QED) is 0.804. The fourth-order valence-corrected chi connectivity index (χ4v) is 2.23. The molecule has 0 saturated heterocycles. The van der Waals surface area contributed by atoms with Crippen molar-refractivity contribution in [1.82, 2.24) is 4.90 Å². The van der Waals surface area contributed by atoms with Crippen LogP contribution < -0.4 is 0 Å². The Morgan fingerprint density at radius 2 is 2.05 bits per heavy atom. The van der Waals surface area contributed by atoms with E-state index in [-0.39, 0.29) is 25.6 Å². The Hall–Kier alpha value is -0.920. The maximum absolute atomic E-state index is 12.3. The summed E-state index contributed by atoms with van der Waals surface area (Å²) in [5.74, 6) is -1.41. The summed E-state index contributed by atoms with van der Waals surface area (Å²) in [5.41, 5.74) is 0.409. The summed E-state index contributed by atoms with van der Waals surface area (Å²) in [5, 5.41) is 8.85. The molecule has 1 aromatic rings. The van der Waals surface area contributed by atoms with Gasteiger partial charge in [-0.25, -0.2) is 0 Å². The number of ether oxygens (including phenoxy) is 1. The lowest BCUT2D eigenvalue weighted by Crippen LogP contribution is -2.38. The minimum Gasteiger partial charge on any atom is -0.480 e. The molecule has 0 fully saturated rings. The lowest BCUT2D eigenvalue weighted by atomic mass is 10.2. The lowest BCUT2D eigenvalue weighted by Gasteiger charge is -2.21. The van der Waals surface area contributed by atoms with Crippen molar-refractivity contribution in [2.45, 2.75) is 0 Å². The van der Waals surface area contributed by atoms with Crippen molar-refractivity contribution < 1.29 is 19.4 Å². The monoisotopic (exact) mass is 393 g/mol. The molecule has 0 atom stereocenters. The van der Waals surface area contributed by atoms with Crippen LogP contribution in [0.15, 0.2) is 27.1 Å². The van der Waals surface area contributed by atoms with Crippen molar-refractivity contribution in [1.29, 1.82) is 0 Å². The number of hydrogen-bond acceptors (Lipinski definition) is 3. The molecule has 0 spiro atoms. The standard InChI is InChI=1S/C12H13Br2NO4/c1-19-5-4-15(7-11(16)17)12(18)9-6-8(13)2-3-10(9)14/h2-3,6H,4-5,7H2,1H3,(H,16,17). The van der Waals surface area contributed by atoms with Crippen LogP contribution in [0.5, 0.6) is 0 Å². The van der Waals surface area contributed by atoms with Crippen LogP contribution in [0.25, 0.3) is 0 Å². The minimum atomic E-state index is -1.06. The summed E-state index contributed by atoms with van der Waals surface area (Å²) in [6, 6.07) is 5.16. The number of benzene rings is 1. The molecule has 0 aliphatic carbocycles. The fraction of sp³-hybridized carbons (Fsp3) is 0.333. The molecular formula is C12H13Br2NO4. The van der Waals surface area contributed by atoms with Gasteiger partial charge in [0.25, 0.3) is 5.91 Å². The van der Waals surface area contributed by atoms with Crippen LogP contribution in [0, 0.1) is 0 Å². The van der Waals surface area contributed by atoms with Gasteiger partial charge in [0.05, 0.1) is 12.2 Å². The van der Waals surface area contributed by atoms with Crippen LogP contribution in [0.4, 0.5) is 0 Å². The second-order valence-electron chi connectivity index (χ2n) is 3.74. The van der Waals surface area contributed by atoms with Crippen LogP contribution in [0.2, 0.25) is 0 Å². The molecule has 19 heavy (non-hydrogen) atoms. The van der Waals surface area contributed by atoms with Crippen molar-refractivity contribution in [2.75, 3.05) is 26.8 Å². The van der Waals surface area contributed by atoms with Crippen LogP contribution in [0.3, 0.4) is 0 Å². The number of aliphatic carboxylic acids is 1. The molecule has 1 aromatic carbocycles. The van der Waals surface area contributed by atoms with E-state index in [9.17, 15) is 9.59 Å². The minimum absolute atomic E-state index is 0.223. The number of carboxylic acid groups (broad SMARTS) is 1. The number of methoxy groups -OCH3 is 1. The van der Waals surface area contributed by atoms with E-state index in [0.717, 1.165) is 4.47 Å². The highest BCUT2D eigenvalue weighted by Crippen LogP contribution is 2.22. The number of nitrogens with zero attached hydrogens (tertiary/aromatic N) is 1. The van der Waals surface area contributed by atoms with Crippen LogP contribution in [0.1, 0.15) is 10.4 Å². The van der Waals surface area contributed by atoms with Gasteiger partial charge < -0.3 is 14.7 Å². The van der Waals surface area contributed by atoms with Crippen LogP contribution >= 0.6 is 31.9 Å². The van der Waals surface area contributed by atoms with Crippen molar-refractivity contribution in [3.05, 3.63) is 32.7 Å². The van der Waals surface area contributed by atoms with E-state index in [1.54, 1.807) is 18.2 Å². The Bertz CT molecular complexity index is 479. The summed E-state index contributed by atoms with van der Waals surface area (Å²) in [6.07, 6.45) is 0. The van der Waals surface area contributed by atoms with Gasteiger partial charge >= 0.3 is 5.97 Å². The number of hydrogen-bond donors (Lipinski definition) is 1. The summed E-state index contributed by atoms with van der Waals surface area (Å²) in [7, 11) is 1.50. The maximum atomic E-state index is 12.3. The molecule has 1 amide bonds. The zero-order valence-electron chi connectivity index (χ0n) is 10.2. The summed E-state index contributed by atoms with van der Waals surface area (Å²) in [4.78, 5) is 24.4. The topological polar surface area (TPSA) is 66.8 Å². The molecule has 0 aliphatic rings. The van der Waals surface area contributed by atoms with Crippen molar-refractivity contribution in [3.8, 4) is 0 Å². The van der Waals surface area contributed by atoms with E-state index in [0.29, 0.717) is 10.0 Å². The second-order valence-corrected chi connectivity index (χ2v) is 5.51. The first kappa shape index (κ1) is 16.1. The number of amides is 1. The van der Waals surface area contributed by atoms with Gasteiger partial charge in [0, 0.05) is 22.6 Å². The number of halogens is 2. The van der Waals surface area contributed by atoms with Crippen molar-refractivity contribution >= 4 is 43.7 Å². The number of carboxylic acids is 1. The first-order valence-corrected chi connectivity index (χ1v) is 6.99. The summed E-state index contributed by atoms with van der Waals surface area (Å²) >= 11 is 6.57. The van der Waals surface area contributed by atoms with Gasteiger partial charge in [-0.3, -0.25) is 9.59 Å². The molecule has 1 rings (SSSR count). The lowest BCUT2D eigenvalue weighted by molar-refractivity contribution is -0.137. The third kappa shape index (κ3) is 4.93. The zero-order valence-corrected chi connectivity index (χ0v) is 13.4. The zero-order chi connectivity index (χ0) is 14.4. The smallest absolute Gasteiger partial charge is 0.323 e. The molecule has 0 bridgehead atoms. The molecule has 7 heteroatoms. The molecule has 1 N–H and O–H groups in total. The molecule has 0 aliphatic heterocycles. The van der Waals surface area contributed by atoms with Gasteiger partial charge in [-0.1, -0.05) is 15.9 Å². The van der Waals surface area contributed by atoms with E-state index >= 15 is 0 Å². The van der Waals surface area contributed by atoms with Gasteiger partial charge in [0.15, 0.2) is 0 Å². The second kappa shape index (κ2) is 7.62.